The molecule has 0 aromatic carbocycles. The first-order valence-corrected chi connectivity index (χ1v) is 10.2. The summed E-state index contributed by atoms with van der Waals surface area (Å²) in [5.74, 6) is -1.51. The number of rotatable bonds is 6. The van der Waals surface area contributed by atoms with Crippen LogP contribution >= 0.6 is 0 Å². The van der Waals surface area contributed by atoms with Gasteiger partial charge in [0.05, 0.1) is 19.5 Å². The summed E-state index contributed by atoms with van der Waals surface area (Å²) < 4.78 is 59.7. The highest BCUT2D eigenvalue weighted by atomic mass is 32.2. The summed E-state index contributed by atoms with van der Waals surface area (Å²) in [4.78, 5) is 0. The summed E-state index contributed by atoms with van der Waals surface area (Å²) in [6.07, 6.45) is -0.896. The summed E-state index contributed by atoms with van der Waals surface area (Å²) in [6, 6.07) is 0. The largest absolute Gasteiger partial charge is 0.377 e. The minimum absolute atomic E-state index is 0.196. The molecule has 0 bridgehead atoms. The van der Waals surface area contributed by atoms with E-state index in [9.17, 15) is 8.42 Å². The maximum atomic E-state index is 11.0. The van der Waals surface area contributed by atoms with Crippen molar-refractivity contribution in [1.82, 2.24) is 4.72 Å². The van der Waals surface area contributed by atoms with Gasteiger partial charge in [-0.1, -0.05) is 0 Å². The quantitative estimate of drug-likeness (QED) is 0.639. The summed E-state index contributed by atoms with van der Waals surface area (Å²) in [5, 5.41) is 0. The Balaban J connectivity index is 1.60. The molecule has 0 aromatic rings. The van der Waals surface area contributed by atoms with Crippen molar-refractivity contribution in [3.8, 4) is 0 Å². The molecule has 3 aliphatic heterocycles. The van der Waals surface area contributed by atoms with E-state index in [1.54, 1.807) is 0 Å². The normalized spacial score (nSPS) is 39.2. The molecule has 0 spiro atoms. The maximum absolute atomic E-state index is 11.0. The molecule has 3 fully saturated rings. The fraction of sp³-hybridized carbons (Fsp3) is 1.00. The molecule has 1 N–H and O–H groups in total. The smallest absolute Gasteiger partial charge is 0.208 e. The average Bonchev–Trinajstić information content (AvgIpc) is 2.91. The average molecular weight is 381 g/mol. The summed E-state index contributed by atoms with van der Waals surface area (Å²) >= 11 is 0. The second-order valence-corrected chi connectivity index (χ2v) is 9.28. The SMILES string of the molecule is CC1(C)OC2OC(COCCNS(C)(=O)=O)C3OC(C)(C)OC3C2O1. The van der Waals surface area contributed by atoms with Crippen LogP contribution in [0.4, 0.5) is 0 Å². The van der Waals surface area contributed by atoms with Crippen LogP contribution in [-0.4, -0.2) is 76.7 Å². The topological polar surface area (TPSA) is 102 Å². The molecule has 0 aliphatic carbocycles. The second-order valence-electron chi connectivity index (χ2n) is 7.45. The lowest BCUT2D eigenvalue weighted by atomic mass is 9.99. The van der Waals surface area contributed by atoms with Gasteiger partial charge in [-0.3, -0.25) is 0 Å². The van der Waals surface area contributed by atoms with Gasteiger partial charge in [0, 0.05) is 6.54 Å². The van der Waals surface area contributed by atoms with E-state index in [0.717, 1.165) is 6.26 Å². The van der Waals surface area contributed by atoms with E-state index in [0.29, 0.717) is 0 Å². The zero-order chi connectivity index (χ0) is 18.5. The van der Waals surface area contributed by atoms with Crippen LogP contribution in [0, 0.1) is 0 Å². The van der Waals surface area contributed by atoms with Crippen molar-refractivity contribution in [3.05, 3.63) is 0 Å². The van der Waals surface area contributed by atoms with Gasteiger partial charge in [-0.05, 0) is 27.7 Å². The van der Waals surface area contributed by atoms with Crippen LogP contribution in [-0.2, 0) is 38.4 Å². The Morgan fingerprint density at radius 1 is 0.960 bits per heavy atom. The van der Waals surface area contributed by atoms with Crippen LogP contribution in [0.1, 0.15) is 27.7 Å². The van der Waals surface area contributed by atoms with Gasteiger partial charge in [-0.25, -0.2) is 13.1 Å². The van der Waals surface area contributed by atoms with Crippen LogP contribution in [0.5, 0.6) is 0 Å². The van der Waals surface area contributed by atoms with Gasteiger partial charge in [0.1, 0.15) is 24.4 Å². The molecule has 3 rings (SSSR count). The molecule has 0 aromatic heterocycles. The van der Waals surface area contributed by atoms with Crippen molar-refractivity contribution >= 4 is 10.0 Å². The lowest BCUT2D eigenvalue weighted by Crippen LogP contribution is -2.56. The predicted octanol–water partition coefficient (Wildman–Crippen LogP) is -0.0513. The monoisotopic (exact) mass is 381 g/mol. The van der Waals surface area contributed by atoms with E-state index >= 15 is 0 Å². The van der Waals surface area contributed by atoms with Crippen molar-refractivity contribution in [3.63, 3.8) is 0 Å². The summed E-state index contributed by atoms with van der Waals surface area (Å²) in [6.45, 7) is 8.00. The standard InChI is InChI=1S/C15H27NO8S/c1-14(2)21-10-9(8-19-7-6-16-25(5,17)18)20-13-12(11(10)22-14)23-15(3,4)24-13/h9-13,16H,6-8H2,1-5H3. The third kappa shape index (κ3) is 4.69. The third-order valence-corrected chi connectivity index (χ3v) is 4.87. The molecule has 9 nitrogen and oxygen atoms in total. The van der Waals surface area contributed by atoms with Crippen molar-refractivity contribution in [2.75, 3.05) is 26.0 Å². The van der Waals surface area contributed by atoms with Gasteiger partial charge < -0.3 is 28.4 Å². The Kier molecular flexibility index (Phi) is 5.19. The van der Waals surface area contributed by atoms with Crippen LogP contribution in [0.25, 0.3) is 0 Å². The third-order valence-electron chi connectivity index (χ3n) is 4.14. The Hall–Kier alpha value is -0.330. The van der Waals surface area contributed by atoms with Crippen molar-refractivity contribution in [2.45, 2.75) is 70.0 Å². The predicted molar refractivity (Wildman–Crippen MR) is 86.2 cm³/mol. The van der Waals surface area contributed by atoms with Crippen molar-refractivity contribution in [2.24, 2.45) is 0 Å². The molecular formula is C15H27NO8S. The molecular weight excluding hydrogens is 354 g/mol. The van der Waals surface area contributed by atoms with E-state index in [1.807, 2.05) is 27.7 Å². The first-order chi connectivity index (χ1) is 11.5. The van der Waals surface area contributed by atoms with E-state index in [1.165, 1.54) is 0 Å². The van der Waals surface area contributed by atoms with Crippen LogP contribution in [0.3, 0.4) is 0 Å². The molecule has 0 saturated carbocycles. The van der Waals surface area contributed by atoms with E-state index in [2.05, 4.69) is 4.72 Å². The molecule has 3 aliphatic rings. The molecule has 0 amide bonds. The number of hydrogen-bond donors (Lipinski definition) is 1. The maximum Gasteiger partial charge on any atom is 0.208 e. The van der Waals surface area contributed by atoms with Gasteiger partial charge in [-0.2, -0.15) is 0 Å². The highest BCUT2D eigenvalue weighted by molar-refractivity contribution is 7.88. The molecule has 10 heteroatoms. The first kappa shape index (κ1) is 19.4. The number of fused-ring (bicyclic) bond motifs is 3. The highest BCUT2D eigenvalue weighted by Crippen LogP contribution is 2.44. The molecule has 5 atom stereocenters. The van der Waals surface area contributed by atoms with Crippen LogP contribution < -0.4 is 4.72 Å². The molecule has 3 saturated heterocycles. The molecule has 3 heterocycles. The van der Waals surface area contributed by atoms with Gasteiger partial charge in [0.15, 0.2) is 17.9 Å². The fourth-order valence-electron chi connectivity index (χ4n) is 3.33. The molecule has 5 unspecified atom stereocenters. The van der Waals surface area contributed by atoms with Gasteiger partial charge in [-0.15, -0.1) is 0 Å². The van der Waals surface area contributed by atoms with E-state index in [-0.39, 0.29) is 38.1 Å². The zero-order valence-corrected chi connectivity index (χ0v) is 16.0. The first-order valence-electron chi connectivity index (χ1n) is 8.35. The van der Waals surface area contributed by atoms with Crippen LogP contribution in [0.15, 0.2) is 0 Å². The Morgan fingerprint density at radius 3 is 2.24 bits per heavy atom. The molecule has 0 radical (unpaired) electrons. The lowest BCUT2D eigenvalue weighted by molar-refractivity contribution is -0.242. The highest BCUT2D eigenvalue weighted by Gasteiger charge is 2.60. The number of ether oxygens (including phenoxy) is 6. The number of nitrogens with one attached hydrogen (secondary N) is 1. The number of hydrogen-bond acceptors (Lipinski definition) is 8. The van der Waals surface area contributed by atoms with Gasteiger partial charge >= 0.3 is 0 Å². The summed E-state index contributed by atoms with van der Waals surface area (Å²) in [5.41, 5.74) is 0. The van der Waals surface area contributed by atoms with E-state index < -0.39 is 34.0 Å². The second kappa shape index (κ2) is 6.68. The minimum atomic E-state index is -3.23. The minimum Gasteiger partial charge on any atom is -0.377 e. The molecule has 25 heavy (non-hydrogen) atoms. The zero-order valence-electron chi connectivity index (χ0n) is 15.2. The van der Waals surface area contributed by atoms with Crippen molar-refractivity contribution < 1.29 is 36.8 Å². The summed E-state index contributed by atoms with van der Waals surface area (Å²) in [7, 11) is -3.23. The fourth-order valence-corrected chi connectivity index (χ4v) is 3.78. The number of sulfonamides is 1. The van der Waals surface area contributed by atoms with E-state index in [4.69, 9.17) is 28.4 Å². The van der Waals surface area contributed by atoms with Crippen LogP contribution in [0.2, 0.25) is 0 Å². The van der Waals surface area contributed by atoms with Gasteiger partial charge in [0.25, 0.3) is 0 Å². The Labute approximate surface area is 148 Å². The Morgan fingerprint density at radius 2 is 1.56 bits per heavy atom. The van der Waals surface area contributed by atoms with Crippen molar-refractivity contribution in [1.29, 1.82) is 0 Å². The Bertz CT molecular complexity index is 592. The molecule has 146 valence electrons. The van der Waals surface area contributed by atoms with Gasteiger partial charge in [0.2, 0.25) is 10.0 Å². The lowest BCUT2D eigenvalue weighted by Gasteiger charge is -2.37.